The van der Waals surface area contributed by atoms with Crippen molar-refractivity contribution in [3.63, 3.8) is 0 Å². The lowest BCUT2D eigenvalue weighted by Crippen LogP contribution is -2.21. The van der Waals surface area contributed by atoms with Gasteiger partial charge in [-0.3, -0.25) is 0 Å². The minimum absolute atomic E-state index is 0.0710. The summed E-state index contributed by atoms with van der Waals surface area (Å²) in [7, 11) is 1.50. The topological polar surface area (TPSA) is 73.1 Å². The Kier molecular flexibility index (Phi) is 4.54. The average Bonchev–Trinajstić information content (AvgIpc) is 2.47. The second kappa shape index (κ2) is 6.36. The first kappa shape index (κ1) is 13.6. The minimum atomic E-state index is -0.0710. The Balaban J connectivity index is 2.23. The highest BCUT2D eigenvalue weighted by Gasteiger charge is 2.13. The molecule has 1 atom stereocenters. The zero-order valence-electron chi connectivity index (χ0n) is 10.5. The predicted octanol–water partition coefficient (Wildman–Crippen LogP) is 2.25. The number of nitrogens with one attached hydrogen (secondary N) is 1. The highest BCUT2D eigenvalue weighted by atomic mass is 35.5. The van der Waals surface area contributed by atoms with Gasteiger partial charge in [0.05, 0.1) is 19.3 Å². The molecule has 1 unspecified atom stereocenters. The third kappa shape index (κ3) is 3.33. The Hall–Kier alpha value is -1.85. The predicted molar refractivity (Wildman–Crippen MR) is 75.5 cm³/mol. The van der Waals surface area contributed by atoms with E-state index in [0.717, 1.165) is 5.56 Å². The van der Waals surface area contributed by atoms with Gasteiger partial charge < -0.3 is 15.8 Å². The molecule has 0 amide bonds. The number of nitrogens with two attached hydrogens (primary N) is 1. The lowest BCUT2D eigenvalue weighted by atomic mass is 10.1. The van der Waals surface area contributed by atoms with Gasteiger partial charge in [-0.15, -0.1) is 0 Å². The molecule has 0 saturated heterocycles. The van der Waals surface area contributed by atoms with Crippen LogP contribution in [0, 0.1) is 0 Å². The third-order valence-electron chi connectivity index (χ3n) is 2.65. The van der Waals surface area contributed by atoms with E-state index in [0.29, 0.717) is 17.4 Å². The molecule has 2 aromatic rings. The van der Waals surface area contributed by atoms with Crippen LogP contribution in [0.3, 0.4) is 0 Å². The summed E-state index contributed by atoms with van der Waals surface area (Å²) in [6.07, 6.45) is 1.49. The van der Waals surface area contributed by atoms with Gasteiger partial charge in [0, 0.05) is 6.54 Å². The standard InChI is InChI=1S/C13H15ClN4O/c1-19-13-16-8-10(14)12(18-13)17-11(7-15)9-5-3-2-4-6-9/h2-6,8,11H,7,15H2,1H3,(H,16,17,18). The molecular formula is C13H15ClN4O. The SMILES string of the molecule is COc1ncc(Cl)c(NC(CN)c2ccccc2)n1. The maximum atomic E-state index is 6.06. The maximum absolute atomic E-state index is 6.06. The minimum Gasteiger partial charge on any atom is -0.467 e. The first-order valence-electron chi connectivity index (χ1n) is 5.82. The fourth-order valence-electron chi connectivity index (χ4n) is 1.68. The number of hydrogen-bond donors (Lipinski definition) is 2. The number of anilines is 1. The largest absolute Gasteiger partial charge is 0.467 e. The number of ether oxygens (including phenoxy) is 1. The van der Waals surface area contributed by atoms with Crippen LogP contribution in [0.15, 0.2) is 36.5 Å². The first-order valence-corrected chi connectivity index (χ1v) is 6.20. The van der Waals surface area contributed by atoms with Crippen LogP contribution in [0.5, 0.6) is 6.01 Å². The number of aromatic nitrogens is 2. The molecule has 19 heavy (non-hydrogen) atoms. The van der Waals surface area contributed by atoms with E-state index in [9.17, 15) is 0 Å². The number of rotatable bonds is 5. The summed E-state index contributed by atoms with van der Waals surface area (Å²) in [4.78, 5) is 8.10. The highest BCUT2D eigenvalue weighted by Crippen LogP contribution is 2.24. The molecule has 6 heteroatoms. The molecule has 1 aromatic carbocycles. The van der Waals surface area contributed by atoms with Crippen LogP contribution in [0.4, 0.5) is 5.82 Å². The highest BCUT2D eigenvalue weighted by molar-refractivity contribution is 6.32. The molecule has 1 heterocycles. The van der Waals surface area contributed by atoms with Crippen LogP contribution in [0.1, 0.15) is 11.6 Å². The van der Waals surface area contributed by atoms with Gasteiger partial charge in [-0.25, -0.2) is 4.98 Å². The van der Waals surface area contributed by atoms with Crippen molar-refractivity contribution in [2.75, 3.05) is 19.0 Å². The summed E-state index contributed by atoms with van der Waals surface area (Å²) in [5, 5.41) is 3.63. The Morgan fingerprint density at radius 3 is 2.74 bits per heavy atom. The number of hydrogen-bond acceptors (Lipinski definition) is 5. The van der Waals surface area contributed by atoms with Crippen LogP contribution >= 0.6 is 11.6 Å². The van der Waals surface area contributed by atoms with Gasteiger partial charge in [0.2, 0.25) is 0 Å². The van der Waals surface area contributed by atoms with Crippen LogP contribution in [0.25, 0.3) is 0 Å². The van der Waals surface area contributed by atoms with E-state index in [4.69, 9.17) is 22.1 Å². The van der Waals surface area contributed by atoms with Gasteiger partial charge in [0.15, 0.2) is 5.82 Å². The van der Waals surface area contributed by atoms with Crippen LogP contribution in [0.2, 0.25) is 5.02 Å². The molecule has 3 N–H and O–H groups in total. The first-order chi connectivity index (χ1) is 9.24. The second-order valence-corrected chi connectivity index (χ2v) is 4.30. The normalized spacial score (nSPS) is 11.9. The third-order valence-corrected chi connectivity index (χ3v) is 2.93. The molecule has 0 saturated carbocycles. The van der Waals surface area contributed by atoms with Crippen molar-refractivity contribution in [2.45, 2.75) is 6.04 Å². The number of benzene rings is 1. The lowest BCUT2D eigenvalue weighted by molar-refractivity contribution is 0.380. The van der Waals surface area contributed by atoms with Gasteiger partial charge >= 0.3 is 6.01 Å². The van der Waals surface area contributed by atoms with Crippen molar-refractivity contribution in [2.24, 2.45) is 5.73 Å². The van der Waals surface area contributed by atoms with Crippen LogP contribution < -0.4 is 15.8 Å². The molecule has 2 rings (SSSR count). The van der Waals surface area contributed by atoms with Crippen molar-refractivity contribution < 1.29 is 4.74 Å². The van der Waals surface area contributed by atoms with E-state index in [2.05, 4.69) is 15.3 Å². The van der Waals surface area contributed by atoms with E-state index >= 15 is 0 Å². The van der Waals surface area contributed by atoms with E-state index in [-0.39, 0.29) is 12.1 Å². The van der Waals surface area contributed by atoms with E-state index < -0.39 is 0 Å². The monoisotopic (exact) mass is 278 g/mol. The second-order valence-electron chi connectivity index (χ2n) is 3.90. The molecule has 0 spiro atoms. The summed E-state index contributed by atoms with van der Waals surface area (Å²) < 4.78 is 4.98. The van der Waals surface area contributed by atoms with E-state index in [1.165, 1.54) is 13.3 Å². The van der Waals surface area contributed by atoms with Gasteiger partial charge in [-0.05, 0) is 5.56 Å². The Bertz CT molecular complexity index is 535. The van der Waals surface area contributed by atoms with Crippen molar-refractivity contribution in [1.29, 1.82) is 0 Å². The molecule has 0 aliphatic rings. The van der Waals surface area contributed by atoms with Crippen molar-refractivity contribution >= 4 is 17.4 Å². The number of methoxy groups -OCH3 is 1. The summed E-state index contributed by atoms with van der Waals surface area (Å²) >= 11 is 6.06. The smallest absolute Gasteiger partial charge is 0.318 e. The van der Waals surface area contributed by atoms with Crippen molar-refractivity contribution in [3.8, 4) is 6.01 Å². The molecule has 0 radical (unpaired) electrons. The number of nitrogens with zero attached hydrogens (tertiary/aromatic N) is 2. The zero-order chi connectivity index (χ0) is 13.7. The Morgan fingerprint density at radius 1 is 1.37 bits per heavy atom. The molecule has 5 nitrogen and oxygen atoms in total. The summed E-state index contributed by atoms with van der Waals surface area (Å²) in [6.45, 7) is 0.423. The fraction of sp³-hybridized carbons (Fsp3) is 0.231. The molecule has 100 valence electrons. The summed E-state index contributed by atoms with van der Waals surface area (Å²) in [6, 6.07) is 10.1. The molecule has 0 aliphatic carbocycles. The number of halogens is 1. The fourth-order valence-corrected chi connectivity index (χ4v) is 1.82. The van der Waals surface area contributed by atoms with Crippen LogP contribution in [-0.4, -0.2) is 23.6 Å². The van der Waals surface area contributed by atoms with Crippen LogP contribution in [-0.2, 0) is 0 Å². The molecular weight excluding hydrogens is 264 g/mol. The lowest BCUT2D eigenvalue weighted by Gasteiger charge is -2.18. The van der Waals surface area contributed by atoms with Gasteiger partial charge in [0.25, 0.3) is 0 Å². The van der Waals surface area contributed by atoms with E-state index in [1.807, 2.05) is 30.3 Å². The van der Waals surface area contributed by atoms with Crippen molar-refractivity contribution in [1.82, 2.24) is 9.97 Å². The Morgan fingerprint density at radius 2 is 2.11 bits per heavy atom. The molecule has 1 aromatic heterocycles. The Labute approximate surface area is 116 Å². The zero-order valence-corrected chi connectivity index (χ0v) is 11.3. The average molecular weight is 279 g/mol. The van der Waals surface area contributed by atoms with Gasteiger partial charge in [-0.1, -0.05) is 41.9 Å². The van der Waals surface area contributed by atoms with Crippen molar-refractivity contribution in [3.05, 3.63) is 47.1 Å². The maximum Gasteiger partial charge on any atom is 0.318 e. The van der Waals surface area contributed by atoms with Gasteiger partial charge in [-0.2, -0.15) is 4.98 Å². The summed E-state index contributed by atoms with van der Waals surface area (Å²) in [5.41, 5.74) is 6.86. The molecule has 0 aliphatic heterocycles. The van der Waals surface area contributed by atoms with Gasteiger partial charge in [0.1, 0.15) is 5.02 Å². The molecule has 0 fully saturated rings. The van der Waals surface area contributed by atoms with E-state index in [1.54, 1.807) is 0 Å². The quantitative estimate of drug-likeness (QED) is 0.878. The molecule has 0 bridgehead atoms. The summed E-state index contributed by atoms with van der Waals surface area (Å²) in [5.74, 6) is 0.507.